The van der Waals surface area contributed by atoms with Crippen molar-refractivity contribution < 1.29 is 14.7 Å². The number of aryl methyl sites for hydroxylation is 1. The van der Waals surface area contributed by atoms with Gasteiger partial charge in [0.25, 0.3) is 5.91 Å². The second-order valence-electron chi connectivity index (χ2n) is 6.25. The van der Waals surface area contributed by atoms with Crippen molar-refractivity contribution in [1.29, 1.82) is 5.26 Å². The Morgan fingerprint density at radius 1 is 1.29 bits per heavy atom. The summed E-state index contributed by atoms with van der Waals surface area (Å²) >= 11 is 0. The smallest absolute Gasteiger partial charge is 0.335 e. The molecule has 0 unspecified atom stereocenters. The number of rotatable bonds is 7. The molecular weight excluding hydrogens is 358 g/mol. The Bertz CT molecular complexity index is 1080. The summed E-state index contributed by atoms with van der Waals surface area (Å²) in [6.45, 7) is 2.75. The van der Waals surface area contributed by atoms with Crippen LogP contribution in [0, 0.1) is 11.3 Å². The van der Waals surface area contributed by atoms with E-state index in [1.807, 2.05) is 10.6 Å². The average Bonchev–Trinajstić information content (AvgIpc) is 3.08. The Balaban J connectivity index is 2.10. The molecule has 3 aromatic heterocycles. The van der Waals surface area contributed by atoms with Crippen molar-refractivity contribution in [3.63, 3.8) is 0 Å². The van der Waals surface area contributed by atoms with Gasteiger partial charge in [-0.05, 0) is 24.6 Å². The summed E-state index contributed by atoms with van der Waals surface area (Å²) in [5.74, 6) is -1.39. The van der Waals surface area contributed by atoms with E-state index in [0.29, 0.717) is 22.3 Å². The van der Waals surface area contributed by atoms with Gasteiger partial charge in [-0.2, -0.15) is 5.26 Å². The van der Waals surface area contributed by atoms with Gasteiger partial charge in [0, 0.05) is 24.3 Å². The zero-order valence-corrected chi connectivity index (χ0v) is 15.3. The highest BCUT2D eigenvalue weighted by molar-refractivity contribution is 6.07. The summed E-state index contributed by atoms with van der Waals surface area (Å²) in [5.41, 5.74) is 2.23. The van der Waals surface area contributed by atoms with E-state index in [0.717, 1.165) is 24.9 Å². The fourth-order valence-electron chi connectivity index (χ4n) is 2.94. The first kappa shape index (κ1) is 19.0. The Morgan fingerprint density at radius 2 is 2.07 bits per heavy atom. The quantitative estimate of drug-likeness (QED) is 0.611. The van der Waals surface area contributed by atoms with E-state index in [2.05, 4.69) is 22.2 Å². The highest BCUT2D eigenvalue weighted by atomic mass is 16.4. The van der Waals surface area contributed by atoms with Crippen LogP contribution in [0.5, 0.6) is 0 Å². The number of nitrogens with one attached hydrogen (secondary N) is 1. The molecular formula is C20H19N5O3. The number of carbonyl (C=O) groups excluding carboxylic acids is 1. The summed E-state index contributed by atoms with van der Waals surface area (Å²) < 4.78 is 1.97. The van der Waals surface area contributed by atoms with Crippen molar-refractivity contribution in [1.82, 2.24) is 19.9 Å². The van der Waals surface area contributed by atoms with Crippen molar-refractivity contribution in [3.05, 3.63) is 47.9 Å². The average molecular weight is 377 g/mol. The molecule has 3 aromatic rings. The van der Waals surface area contributed by atoms with Crippen LogP contribution in [0.2, 0.25) is 0 Å². The van der Waals surface area contributed by atoms with Gasteiger partial charge < -0.3 is 15.0 Å². The van der Waals surface area contributed by atoms with Gasteiger partial charge in [-0.25, -0.2) is 4.79 Å². The second-order valence-corrected chi connectivity index (χ2v) is 6.25. The third kappa shape index (κ3) is 3.83. The molecule has 2 N–H and O–H groups in total. The van der Waals surface area contributed by atoms with Crippen LogP contribution in [0.25, 0.3) is 22.3 Å². The fourth-order valence-corrected chi connectivity index (χ4v) is 2.94. The molecule has 1 amide bonds. The minimum Gasteiger partial charge on any atom is -0.478 e. The van der Waals surface area contributed by atoms with E-state index in [9.17, 15) is 14.7 Å². The molecule has 0 radical (unpaired) electrons. The van der Waals surface area contributed by atoms with Crippen LogP contribution in [0.4, 0.5) is 0 Å². The monoisotopic (exact) mass is 377 g/mol. The molecule has 0 atom stereocenters. The van der Waals surface area contributed by atoms with E-state index in [-0.39, 0.29) is 18.0 Å². The predicted octanol–water partition coefficient (Wildman–Crippen LogP) is 2.85. The van der Waals surface area contributed by atoms with Gasteiger partial charge >= 0.3 is 5.97 Å². The van der Waals surface area contributed by atoms with Crippen molar-refractivity contribution in [3.8, 4) is 17.5 Å². The molecule has 0 fully saturated rings. The molecule has 8 nitrogen and oxygen atoms in total. The number of carbonyl (C=O) groups is 2. The Hall–Kier alpha value is -3.73. The molecule has 28 heavy (non-hydrogen) atoms. The van der Waals surface area contributed by atoms with Gasteiger partial charge in [0.05, 0.1) is 40.3 Å². The number of aromatic carboxylic acids is 1. The maximum absolute atomic E-state index is 12.5. The summed E-state index contributed by atoms with van der Waals surface area (Å²) in [6.07, 6.45) is 6.80. The molecule has 8 heteroatoms. The van der Waals surface area contributed by atoms with Crippen LogP contribution < -0.4 is 5.32 Å². The lowest BCUT2D eigenvalue weighted by molar-refractivity contribution is 0.0696. The largest absolute Gasteiger partial charge is 0.478 e. The van der Waals surface area contributed by atoms with E-state index in [1.165, 1.54) is 18.3 Å². The Kier molecular flexibility index (Phi) is 5.65. The molecule has 0 aliphatic rings. The molecule has 0 spiro atoms. The van der Waals surface area contributed by atoms with E-state index >= 15 is 0 Å². The van der Waals surface area contributed by atoms with Crippen molar-refractivity contribution in [2.24, 2.45) is 0 Å². The topological polar surface area (TPSA) is 121 Å². The van der Waals surface area contributed by atoms with Crippen LogP contribution in [0.15, 0.2) is 36.8 Å². The van der Waals surface area contributed by atoms with Gasteiger partial charge in [-0.3, -0.25) is 14.8 Å². The van der Waals surface area contributed by atoms with Gasteiger partial charge in [0.1, 0.15) is 6.54 Å². The number of hydrogen-bond donors (Lipinski definition) is 2. The Labute approximate surface area is 161 Å². The van der Waals surface area contributed by atoms with Crippen LogP contribution in [0.3, 0.4) is 0 Å². The number of unbranched alkanes of at least 4 members (excludes halogenated alkanes) is 1. The normalized spacial score (nSPS) is 10.6. The first-order valence-corrected chi connectivity index (χ1v) is 8.89. The fraction of sp³-hybridized carbons (Fsp3) is 0.250. The van der Waals surface area contributed by atoms with E-state index < -0.39 is 5.97 Å². The highest BCUT2D eigenvalue weighted by Gasteiger charge is 2.17. The summed E-state index contributed by atoms with van der Waals surface area (Å²) in [4.78, 5) is 32.3. The SMILES string of the molecule is CCCCn1cc(C(=O)NCC#N)c2cc(-c3cc(C(=O)O)ccn3)ncc21. The highest BCUT2D eigenvalue weighted by Crippen LogP contribution is 2.26. The van der Waals surface area contributed by atoms with Gasteiger partial charge in [0.2, 0.25) is 0 Å². The zero-order valence-electron chi connectivity index (χ0n) is 15.3. The number of pyridine rings is 2. The first-order valence-electron chi connectivity index (χ1n) is 8.89. The lowest BCUT2D eigenvalue weighted by Crippen LogP contribution is -2.23. The maximum atomic E-state index is 12.5. The zero-order chi connectivity index (χ0) is 20.1. The van der Waals surface area contributed by atoms with Gasteiger partial charge in [0.15, 0.2) is 0 Å². The van der Waals surface area contributed by atoms with Gasteiger partial charge in [-0.15, -0.1) is 0 Å². The molecule has 0 aromatic carbocycles. The minimum atomic E-state index is -1.05. The second kappa shape index (κ2) is 8.31. The molecule has 3 rings (SSSR count). The number of nitriles is 1. The maximum Gasteiger partial charge on any atom is 0.335 e. The summed E-state index contributed by atoms with van der Waals surface area (Å²) in [6, 6.07) is 6.48. The predicted molar refractivity (Wildman–Crippen MR) is 103 cm³/mol. The number of fused-ring (bicyclic) bond motifs is 1. The van der Waals surface area contributed by atoms with Crippen molar-refractivity contribution >= 4 is 22.8 Å². The number of nitrogens with zero attached hydrogens (tertiary/aromatic N) is 4. The first-order chi connectivity index (χ1) is 13.5. The lowest BCUT2D eigenvalue weighted by Gasteiger charge is -2.05. The summed E-state index contributed by atoms with van der Waals surface area (Å²) in [7, 11) is 0. The van der Waals surface area contributed by atoms with E-state index in [1.54, 1.807) is 18.5 Å². The third-order valence-corrected chi connectivity index (χ3v) is 4.36. The number of amides is 1. The minimum absolute atomic E-state index is 0.0827. The number of carboxylic acids is 1. The van der Waals surface area contributed by atoms with Crippen molar-refractivity contribution in [2.75, 3.05) is 6.54 Å². The van der Waals surface area contributed by atoms with Crippen LogP contribution in [-0.2, 0) is 6.54 Å². The molecule has 0 saturated carbocycles. The van der Waals surface area contributed by atoms with E-state index in [4.69, 9.17) is 5.26 Å². The third-order valence-electron chi connectivity index (χ3n) is 4.36. The van der Waals surface area contributed by atoms with Crippen LogP contribution >= 0.6 is 0 Å². The van der Waals surface area contributed by atoms with Crippen LogP contribution in [-0.4, -0.2) is 38.1 Å². The van der Waals surface area contributed by atoms with Gasteiger partial charge in [-0.1, -0.05) is 13.3 Å². The molecule has 0 aliphatic carbocycles. The molecule has 3 heterocycles. The number of carboxylic acid groups (broad SMARTS) is 1. The molecule has 0 bridgehead atoms. The van der Waals surface area contributed by atoms with Crippen LogP contribution in [0.1, 0.15) is 40.5 Å². The molecule has 0 aliphatic heterocycles. The molecule has 142 valence electrons. The van der Waals surface area contributed by atoms with Crippen molar-refractivity contribution in [2.45, 2.75) is 26.3 Å². The molecule has 0 saturated heterocycles. The summed E-state index contributed by atoms with van der Waals surface area (Å²) in [5, 5.41) is 21.2. The number of aromatic nitrogens is 3. The lowest BCUT2D eigenvalue weighted by atomic mass is 10.1. The number of hydrogen-bond acceptors (Lipinski definition) is 5. The Morgan fingerprint density at radius 3 is 2.79 bits per heavy atom. The standard InChI is InChI=1S/C20H19N5O3/c1-2-3-8-25-12-15(19(26)23-7-5-21)14-10-17(24-11-18(14)25)16-9-13(20(27)28)4-6-22-16/h4,6,9-12H,2-3,7-8H2,1H3,(H,23,26)(H,27,28).